The Balaban J connectivity index is 2.16. The molecule has 0 spiro atoms. The lowest BCUT2D eigenvalue weighted by Crippen LogP contribution is -2.36. The highest BCUT2D eigenvalue weighted by Gasteiger charge is 2.22. The van der Waals surface area contributed by atoms with Crippen molar-refractivity contribution in [1.82, 2.24) is 0 Å². The Morgan fingerprint density at radius 1 is 1.21 bits per heavy atom. The number of nitriles is 2. The van der Waals surface area contributed by atoms with Crippen molar-refractivity contribution in [3.63, 3.8) is 0 Å². The molecule has 2 rings (SSSR count). The summed E-state index contributed by atoms with van der Waals surface area (Å²) in [6, 6.07) is 11.0. The fraction of sp³-hybridized carbons (Fsp3) is 0.143. The van der Waals surface area contributed by atoms with E-state index in [1.54, 1.807) is 42.5 Å². The van der Waals surface area contributed by atoms with Gasteiger partial charge in [0, 0.05) is 6.42 Å². The largest absolute Gasteiger partial charge is 0.310 e. The first-order chi connectivity index (χ1) is 9.17. The normalized spacial score (nSPS) is 21.7. The van der Waals surface area contributed by atoms with E-state index in [0.29, 0.717) is 23.4 Å². The predicted molar refractivity (Wildman–Crippen MR) is 70.0 cm³/mol. The van der Waals surface area contributed by atoms with Crippen molar-refractivity contribution in [2.24, 2.45) is 16.0 Å². The summed E-state index contributed by atoms with van der Waals surface area (Å²) in [6.45, 7) is 0. The average molecular weight is 249 g/mol. The third-order valence-electron chi connectivity index (χ3n) is 2.71. The zero-order valence-electron chi connectivity index (χ0n) is 10.1. The van der Waals surface area contributed by atoms with E-state index in [1.165, 1.54) is 0 Å². The summed E-state index contributed by atoms with van der Waals surface area (Å²) in [5.74, 6) is 0. The van der Waals surface area contributed by atoms with Crippen LogP contribution in [0.2, 0.25) is 0 Å². The van der Waals surface area contributed by atoms with Gasteiger partial charge in [-0.25, -0.2) is 0 Å². The Morgan fingerprint density at radius 3 is 2.63 bits per heavy atom. The molecule has 1 aliphatic carbocycles. The van der Waals surface area contributed by atoms with Gasteiger partial charge in [-0.3, -0.25) is 0 Å². The molecule has 92 valence electrons. The molecule has 0 saturated heterocycles. The van der Waals surface area contributed by atoms with Crippen LogP contribution in [-0.2, 0) is 0 Å². The van der Waals surface area contributed by atoms with Gasteiger partial charge >= 0.3 is 0 Å². The molecule has 0 amide bonds. The van der Waals surface area contributed by atoms with E-state index in [-0.39, 0.29) is 0 Å². The fourth-order valence-corrected chi connectivity index (χ4v) is 1.57. The Kier molecular flexibility index (Phi) is 3.51. The number of nitrogens with two attached hydrogens (primary N) is 1. The molecule has 0 radical (unpaired) electrons. The van der Waals surface area contributed by atoms with E-state index in [2.05, 4.69) is 16.3 Å². The standard InChI is InChI=1S/C14H11N5/c15-9-11-3-1-2-4-13(11)19-18-12-5-7-14(17,10-16)8-6-12/h1-7H,8,17H2. The molecule has 1 aromatic carbocycles. The molecule has 0 fully saturated rings. The monoisotopic (exact) mass is 249 g/mol. The number of benzene rings is 1. The third kappa shape index (κ3) is 2.92. The summed E-state index contributed by atoms with van der Waals surface area (Å²) in [6.07, 6.45) is 5.42. The summed E-state index contributed by atoms with van der Waals surface area (Å²) in [4.78, 5) is 0. The van der Waals surface area contributed by atoms with Gasteiger partial charge in [0.25, 0.3) is 0 Å². The van der Waals surface area contributed by atoms with Gasteiger partial charge in [-0.15, -0.1) is 5.11 Å². The molecular weight excluding hydrogens is 238 g/mol. The third-order valence-corrected chi connectivity index (χ3v) is 2.71. The van der Waals surface area contributed by atoms with Crippen LogP contribution in [0.1, 0.15) is 12.0 Å². The first-order valence-electron chi connectivity index (χ1n) is 5.67. The molecule has 1 aliphatic rings. The molecule has 19 heavy (non-hydrogen) atoms. The van der Waals surface area contributed by atoms with Crippen LogP contribution in [0, 0.1) is 22.7 Å². The number of rotatable bonds is 2. The molecule has 2 N–H and O–H groups in total. The highest BCUT2D eigenvalue weighted by Crippen LogP contribution is 2.22. The van der Waals surface area contributed by atoms with Gasteiger partial charge in [0.2, 0.25) is 0 Å². The number of nitrogens with zero attached hydrogens (tertiary/aromatic N) is 4. The summed E-state index contributed by atoms with van der Waals surface area (Å²) in [5.41, 5.74) is 6.43. The molecule has 0 aliphatic heterocycles. The maximum Gasteiger partial charge on any atom is 0.126 e. The molecule has 0 aromatic heterocycles. The number of hydrogen-bond donors (Lipinski definition) is 1. The Labute approximate surface area is 111 Å². The Morgan fingerprint density at radius 2 is 2.00 bits per heavy atom. The van der Waals surface area contributed by atoms with Crippen LogP contribution in [0.5, 0.6) is 0 Å². The first kappa shape index (κ1) is 12.7. The lowest BCUT2D eigenvalue weighted by Gasteiger charge is -2.17. The van der Waals surface area contributed by atoms with Gasteiger partial charge in [0.1, 0.15) is 17.3 Å². The number of azo groups is 1. The first-order valence-corrected chi connectivity index (χ1v) is 5.67. The van der Waals surface area contributed by atoms with Crippen molar-refractivity contribution in [3.8, 4) is 12.1 Å². The molecular formula is C14H11N5. The highest BCUT2D eigenvalue weighted by molar-refractivity contribution is 5.52. The maximum absolute atomic E-state index is 8.92. The summed E-state index contributed by atoms with van der Waals surface area (Å²) in [7, 11) is 0. The second kappa shape index (κ2) is 5.26. The predicted octanol–water partition coefficient (Wildman–Crippen LogP) is 2.71. The van der Waals surface area contributed by atoms with E-state index >= 15 is 0 Å². The van der Waals surface area contributed by atoms with Gasteiger partial charge in [-0.05, 0) is 24.3 Å². The van der Waals surface area contributed by atoms with E-state index < -0.39 is 5.54 Å². The summed E-state index contributed by atoms with van der Waals surface area (Å²) < 4.78 is 0. The minimum absolute atomic E-state index is 0.397. The molecule has 5 nitrogen and oxygen atoms in total. The maximum atomic E-state index is 8.92. The zero-order chi connectivity index (χ0) is 13.7. The van der Waals surface area contributed by atoms with Crippen LogP contribution in [-0.4, -0.2) is 5.54 Å². The number of hydrogen-bond acceptors (Lipinski definition) is 5. The van der Waals surface area contributed by atoms with Crippen molar-refractivity contribution >= 4 is 5.69 Å². The van der Waals surface area contributed by atoms with Crippen LogP contribution < -0.4 is 5.73 Å². The SMILES string of the molecule is N#Cc1ccccc1N=NC1=CCC(N)(C#N)C=C1. The fourth-order valence-electron chi connectivity index (χ4n) is 1.57. The lowest BCUT2D eigenvalue weighted by molar-refractivity contribution is 0.669. The summed E-state index contributed by atoms with van der Waals surface area (Å²) in [5, 5.41) is 25.9. The zero-order valence-corrected chi connectivity index (χ0v) is 10.1. The van der Waals surface area contributed by atoms with E-state index in [0.717, 1.165) is 0 Å². The molecule has 5 heteroatoms. The average Bonchev–Trinajstić information content (AvgIpc) is 2.47. The molecule has 0 saturated carbocycles. The highest BCUT2D eigenvalue weighted by atomic mass is 15.1. The lowest BCUT2D eigenvalue weighted by atomic mass is 9.93. The quantitative estimate of drug-likeness (QED) is 0.815. The smallest absolute Gasteiger partial charge is 0.126 e. The van der Waals surface area contributed by atoms with E-state index in [9.17, 15) is 0 Å². The van der Waals surface area contributed by atoms with Crippen molar-refractivity contribution in [2.45, 2.75) is 12.0 Å². The molecule has 0 heterocycles. The Bertz CT molecular complexity index is 657. The van der Waals surface area contributed by atoms with Gasteiger partial charge in [0.15, 0.2) is 0 Å². The van der Waals surface area contributed by atoms with Crippen LogP contribution >= 0.6 is 0 Å². The van der Waals surface area contributed by atoms with E-state index in [1.807, 2.05) is 6.07 Å². The molecule has 1 unspecified atom stereocenters. The van der Waals surface area contributed by atoms with Gasteiger partial charge in [-0.2, -0.15) is 15.6 Å². The molecule has 1 aromatic rings. The van der Waals surface area contributed by atoms with Gasteiger partial charge in [-0.1, -0.05) is 18.2 Å². The second-order valence-corrected chi connectivity index (χ2v) is 4.15. The van der Waals surface area contributed by atoms with Crippen LogP contribution in [0.25, 0.3) is 0 Å². The van der Waals surface area contributed by atoms with Crippen LogP contribution in [0.15, 0.2) is 58.4 Å². The Hall–Kier alpha value is -2.76. The minimum Gasteiger partial charge on any atom is -0.310 e. The van der Waals surface area contributed by atoms with Crippen LogP contribution in [0.3, 0.4) is 0 Å². The van der Waals surface area contributed by atoms with Gasteiger partial charge in [0.05, 0.1) is 17.3 Å². The molecule has 1 atom stereocenters. The van der Waals surface area contributed by atoms with Gasteiger partial charge < -0.3 is 5.73 Å². The van der Waals surface area contributed by atoms with Crippen molar-refractivity contribution < 1.29 is 0 Å². The minimum atomic E-state index is -0.955. The van der Waals surface area contributed by atoms with Crippen molar-refractivity contribution in [2.75, 3.05) is 0 Å². The number of allylic oxidation sites excluding steroid dienone is 1. The second-order valence-electron chi connectivity index (χ2n) is 4.15. The van der Waals surface area contributed by atoms with Crippen molar-refractivity contribution in [1.29, 1.82) is 10.5 Å². The van der Waals surface area contributed by atoms with Crippen LogP contribution in [0.4, 0.5) is 5.69 Å². The topological polar surface area (TPSA) is 98.3 Å². The molecule has 0 bridgehead atoms. The van der Waals surface area contributed by atoms with E-state index in [4.69, 9.17) is 16.3 Å². The summed E-state index contributed by atoms with van der Waals surface area (Å²) >= 11 is 0. The van der Waals surface area contributed by atoms with Crippen molar-refractivity contribution in [3.05, 3.63) is 53.8 Å².